The van der Waals surface area contributed by atoms with Gasteiger partial charge in [0.1, 0.15) is 0 Å². The van der Waals surface area contributed by atoms with E-state index in [2.05, 4.69) is 5.32 Å². The fraction of sp³-hybridized carbons (Fsp3) is 0.667. The summed E-state index contributed by atoms with van der Waals surface area (Å²) >= 11 is 0. The predicted molar refractivity (Wildman–Crippen MR) is 44.7 cm³/mol. The van der Waals surface area contributed by atoms with Gasteiger partial charge in [-0.05, 0) is 12.8 Å². The first-order valence-electron chi connectivity index (χ1n) is 3.71. The van der Waals surface area contributed by atoms with Gasteiger partial charge in [0.15, 0.2) is 0 Å². The Morgan fingerprint density at radius 2 is 2.07 bits per heavy atom. The summed E-state index contributed by atoms with van der Waals surface area (Å²) in [6, 6.07) is -1.78. The van der Waals surface area contributed by atoms with E-state index in [4.69, 9.17) is 10.8 Å². The van der Waals surface area contributed by atoms with E-state index < -0.39 is 18.0 Å². The largest absolute Gasteiger partial charge is 1.00 e. The minimum absolute atomic E-state index is 0. The number of nitrogens with one attached hydrogen (secondary N) is 2. The van der Waals surface area contributed by atoms with Crippen LogP contribution in [-0.4, -0.2) is 29.7 Å². The summed E-state index contributed by atoms with van der Waals surface area (Å²) in [7, 11) is 0. The number of carbonyl (C=O) groups excluding carboxylic acids is 1. The summed E-state index contributed by atoms with van der Waals surface area (Å²) in [4.78, 5) is 20.4. The Balaban J connectivity index is 0. The maximum atomic E-state index is 10.3. The number of hydrogen-bond donors (Lipinski definition) is 4. The van der Waals surface area contributed by atoms with Crippen LogP contribution in [0.2, 0.25) is 0 Å². The third-order valence-electron chi connectivity index (χ3n) is 1.41. The Labute approximate surface area is 103 Å². The summed E-state index contributed by atoms with van der Waals surface area (Å²) in [5.74, 6) is -1.20. The van der Waals surface area contributed by atoms with Crippen LogP contribution in [0.5, 0.6) is 0 Å². The van der Waals surface area contributed by atoms with Crippen LogP contribution in [0.15, 0.2) is 0 Å². The van der Waals surface area contributed by atoms with Crippen LogP contribution in [-0.2, 0) is 4.79 Å². The standard InChI is InChI=1S/C6H12N3O4.Na/c7-6(12)8-3-1-2-4(9-13)5(10)11;/h4,9H,1-3H2,(H,10,11)(H3,7,8,12);/q-1;+1/t4-;/m0./s1. The second kappa shape index (κ2) is 9.22. The zero-order chi connectivity index (χ0) is 10.3. The Morgan fingerprint density at radius 3 is 2.43 bits per heavy atom. The van der Waals surface area contributed by atoms with Crippen molar-refractivity contribution in [2.75, 3.05) is 6.54 Å². The van der Waals surface area contributed by atoms with E-state index >= 15 is 0 Å². The van der Waals surface area contributed by atoms with Crippen molar-refractivity contribution in [3.63, 3.8) is 0 Å². The molecular formula is C6H12N3NaO4. The molecule has 0 aliphatic rings. The van der Waals surface area contributed by atoms with Gasteiger partial charge in [-0.25, -0.2) is 4.79 Å². The van der Waals surface area contributed by atoms with Gasteiger partial charge in [-0.15, -0.1) is 0 Å². The van der Waals surface area contributed by atoms with E-state index in [1.807, 2.05) is 0 Å². The van der Waals surface area contributed by atoms with Gasteiger partial charge in [0, 0.05) is 6.54 Å². The van der Waals surface area contributed by atoms with Crippen molar-refractivity contribution in [2.24, 2.45) is 5.73 Å². The summed E-state index contributed by atoms with van der Waals surface area (Å²) in [5, 5.41) is 20.7. The predicted octanol–water partition coefficient (Wildman–Crippen LogP) is -4.02. The minimum atomic E-state index is -1.20. The summed E-state index contributed by atoms with van der Waals surface area (Å²) in [6.45, 7) is 0.265. The third kappa shape index (κ3) is 8.27. The molecule has 8 heteroatoms. The minimum Gasteiger partial charge on any atom is -0.787 e. The van der Waals surface area contributed by atoms with E-state index in [0.29, 0.717) is 6.42 Å². The number of nitrogens with two attached hydrogens (primary N) is 1. The molecule has 0 aromatic heterocycles. The number of hydrogen-bond acceptors (Lipinski definition) is 4. The molecule has 14 heavy (non-hydrogen) atoms. The molecular weight excluding hydrogens is 201 g/mol. The van der Waals surface area contributed by atoms with Gasteiger partial charge in [-0.2, -0.15) is 0 Å². The van der Waals surface area contributed by atoms with Crippen molar-refractivity contribution in [3.05, 3.63) is 5.21 Å². The Kier molecular flexibility index (Phi) is 10.6. The molecule has 7 nitrogen and oxygen atoms in total. The van der Waals surface area contributed by atoms with Crippen molar-refractivity contribution >= 4 is 12.0 Å². The quantitative estimate of drug-likeness (QED) is 0.203. The molecule has 76 valence electrons. The number of amides is 2. The second-order valence-corrected chi connectivity index (χ2v) is 2.44. The zero-order valence-electron chi connectivity index (χ0n) is 7.95. The van der Waals surface area contributed by atoms with Crippen molar-refractivity contribution in [3.8, 4) is 0 Å². The number of aliphatic carboxylic acids is 1. The van der Waals surface area contributed by atoms with Crippen LogP contribution >= 0.6 is 0 Å². The van der Waals surface area contributed by atoms with Crippen molar-refractivity contribution in [1.29, 1.82) is 0 Å². The number of hydroxylamine groups is 1. The van der Waals surface area contributed by atoms with Gasteiger partial charge in [-0.3, -0.25) is 4.79 Å². The van der Waals surface area contributed by atoms with Crippen molar-refractivity contribution in [2.45, 2.75) is 18.9 Å². The van der Waals surface area contributed by atoms with Crippen LogP contribution in [0.25, 0.3) is 0 Å². The molecule has 1 atom stereocenters. The Bertz CT molecular complexity index is 190. The molecule has 5 N–H and O–H groups in total. The molecule has 0 bridgehead atoms. The number of carboxylic acid groups (broad SMARTS) is 1. The number of carboxylic acids is 1. The molecule has 2 amide bonds. The first-order valence-corrected chi connectivity index (χ1v) is 3.71. The van der Waals surface area contributed by atoms with Gasteiger partial charge in [0.05, 0.1) is 6.04 Å². The first kappa shape index (κ1) is 16.1. The summed E-state index contributed by atoms with van der Waals surface area (Å²) < 4.78 is 0. The van der Waals surface area contributed by atoms with E-state index in [0.717, 1.165) is 0 Å². The average molecular weight is 213 g/mol. The van der Waals surface area contributed by atoms with Gasteiger partial charge >= 0.3 is 41.6 Å². The number of primary amides is 1. The molecule has 0 heterocycles. The SMILES string of the molecule is NC(=O)NCCC[C@H](N[O-])C(=O)O.[Na+]. The maximum Gasteiger partial charge on any atom is 1.00 e. The van der Waals surface area contributed by atoms with Gasteiger partial charge in [0.2, 0.25) is 0 Å². The fourth-order valence-corrected chi connectivity index (χ4v) is 0.751. The molecule has 0 spiro atoms. The van der Waals surface area contributed by atoms with E-state index in [-0.39, 0.29) is 42.5 Å². The fourth-order valence-electron chi connectivity index (χ4n) is 0.751. The topological polar surface area (TPSA) is 128 Å². The second-order valence-electron chi connectivity index (χ2n) is 2.44. The van der Waals surface area contributed by atoms with Crippen molar-refractivity contribution in [1.82, 2.24) is 10.8 Å². The Hall–Kier alpha value is -0.340. The molecule has 0 rings (SSSR count). The van der Waals surface area contributed by atoms with Gasteiger partial charge < -0.3 is 26.8 Å². The monoisotopic (exact) mass is 213 g/mol. The van der Waals surface area contributed by atoms with Gasteiger partial charge in [0.25, 0.3) is 0 Å². The Morgan fingerprint density at radius 1 is 1.50 bits per heavy atom. The van der Waals surface area contributed by atoms with Gasteiger partial charge in [-0.1, -0.05) is 0 Å². The number of rotatable bonds is 6. The van der Waals surface area contributed by atoms with Crippen LogP contribution in [0.4, 0.5) is 4.79 Å². The molecule has 0 aromatic carbocycles. The number of carbonyl (C=O) groups is 2. The molecule has 0 aliphatic heterocycles. The zero-order valence-corrected chi connectivity index (χ0v) is 9.95. The van der Waals surface area contributed by atoms with Crippen molar-refractivity contribution < 1.29 is 44.3 Å². The van der Waals surface area contributed by atoms with E-state index in [9.17, 15) is 14.8 Å². The average Bonchev–Trinajstić information content (AvgIpc) is 2.03. The maximum absolute atomic E-state index is 10.3. The van der Waals surface area contributed by atoms with E-state index in [1.165, 1.54) is 5.48 Å². The molecule has 0 fully saturated rings. The van der Waals surface area contributed by atoms with Crippen LogP contribution < -0.4 is 46.1 Å². The third-order valence-corrected chi connectivity index (χ3v) is 1.41. The normalized spacial score (nSPS) is 11.2. The molecule has 0 aromatic rings. The number of urea groups is 1. The first-order chi connectivity index (χ1) is 6.07. The van der Waals surface area contributed by atoms with E-state index in [1.54, 1.807) is 0 Å². The summed E-state index contributed by atoms with van der Waals surface area (Å²) in [5.41, 5.74) is 6.15. The van der Waals surface area contributed by atoms with Crippen LogP contribution in [0, 0.1) is 5.21 Å². The van der Waals surface area contributed by atoms with Crippen LogP contribution in [0.3, 0.4) is 0 Å². The molecule has 0 saturated carbocycles. The van der Waals surface area contributed by atoms with Crippen LogP contribution in [0.1, 0.15) is 12.8 Å². The smallest absolute Gasteiger partial charge is 0.787 e. The molecule has 0 saturated heterocycles. The molecule has 0 unspecified atom stereocenters. The molecule has 0 radical (unpaired) electrons. The summed E-state index contributed by atoms with van der Waals surface area (Å²) in [6.07, 6.45) is 0.536. The molecule has 0 aliphatic carbocycles.